The van der Waals surface area contributed by atoms with E-state index in [-0.39, 0.29) is 12.5 Å². The number of fused-ring (bicyclic) bond motifs is 1. The summed E-state index contributed by atoms with van der Waals surface area (Å²) in [4.78, 5) is 0. The molecule has 3 atom stereocenters. The molecule has 7 heteroatoms. The second kappa shape index (κ2) is 16.3. The Bertz CT molecular complexity index is 569. The predicted octanol–water partition coefficient (Wildman–Crippen LogP) is 3.47. The van der Waals surface area contributed by atoms with Crippen LogP contribution in [-0.2, 0) is 18.9 Å². The summed E-state index contributed by atoms with van der Waals surface area (Å²) < 4.78 is 34.5. The molecule has 1 aliphatic rings. The summed E-state index contributed by atoms with van der Waals surface area (Å²) in [5, 5.41) is 11.1. The molecule has 0 radical (unpaired) electrons. The van der Waals surface area contributed by atoms with Gasteiger partial charge in [0, 0.05) is 0 Å². The minimum Gasteiger partial charge on any atom is -0.487 e. The normalized spacial score (nSPS) is 22.1. The molecule has 1 N–H and O–H groups in total. The van der Waals surface area contributed by atoms with Crippen molar-refractivity contribution in [3.8, 4) is 11.5 Å². The van der Waals surface area contributed by atoms with Crippen molar-refractivity contribution in [2.24, 2.45) is 5.92 Å². The molecular formula is C24H40O7. The molecule has 1 aromatic carbocycles. The quantitative estimate of drug-likeness (QED) is 0.726. The number of hydrogen-bond donors (Lipinski definition) is 1. The van der Waals surface area contributed by atoms with E-state index in [1.54, 1.807) is 0 Å². The van der Waals surface area contributed by atoms with Gasteiger partial charge in [0.1, 0.15) is 12.7 Å². The van der Waals surface area contributed by atoms with Crippen LogP contribution in [0, 0.1) is 5.92 Å². The van der Waals surface area contributed by atoms with Gasteiger partial charge in [-0.25, -0.2) is 0 Å². The van der Waals surface area contributed by atoms with Gasteiger partial charge in [-0.05, 0) is 24.5 Å². The Labute approximate surface area is 186 Å². The van der Waals surface area contributed by atoms with Crippen LogP contribution in [0.2, 0.25) is 0 Å². The lowest BCUT2D eigenvalue weighted by molar-refractivity contribution is -0.0626. The third kappa shape index (κ3) is 10.2. The van der Waals surface area contributed by atoms with Gasteiger partial charge in [-0.1, -0.05) is 45.2 Å². The van der Waals surface area contributed by atoms with Gasteiger partial charge in [-0.2, -0.15) is 0 Å². The lowest BCUT2D eigenvalue weighted by Crippen LogP contribution is -2.41. The molecule has 0 fully saturated rings. The van der Waals surface area contributed by atoms with Gasteiger partial charge in [0.25, 0.3) is 0 Å². The number of aliphatic hydroxyl groups excluding tert-OH is 1. The first-order valence-electron chi connectivity index (χ1n) is 11.6. The molecule has 1 aromatic rings. The van der Waals surface area contributed by atoms with Crippen LogP contribution < -0.4 is 9.47 Å². The Hall–Kier alpha value is -1.38. The molecule has 0 aliphatic carbocycles. The molecule has 0 saturated carbocycles. The van der Waals surface area contributed by atoms with E-state index in [0.717, 1.165) is 25.7 Å². The fourth-order valence-corrected chi connectivity index (χ4v) is 3.49. The number of benzene rings is 1. The number of rotatable bonds is 6. The Morgan fingerprint density at radius 3 is 2.03 bits per heavy atom. The third-order valence-corrected chi connectivity index (χ3v) is 5.33. The van der Waals surface area contributed by atoms with Crippen molar-refractivity contribution in [3.05, 3.63) is 24.3 Å². The summed E-state index contributed by atoms with van der Waals surface area (Å²) >= 11 is 0. The first-order chi connectivity index (χ1) is 15.3. The lowest BCUT2D eigenvalue weighted by Gasteiger charge is -2.30. The van der Waals surface area contributed by atoms with Crippen LogP contribution in [-0.4, -0.2) is 76.8 Å². The highest BCUT2D eigenvalue weighted by molar-refractivity contribution is 5.39. The highest BCUT2D eigenvalue weighted by atomic mass is 16.6. The summed E-state index contributed by atoms with van der Waals surface area (Å²) in [6.45, 7) is 8.38. The molecule has 0 spiro atoms. The van der Waals surface area contributed by atoms with E-state index in [1.165, 1.54) is 0 Å². The van der Waals surface area contributed by atoms with E-state index in [9.17, 15) is 5.11 Å². The Balaban J connectivity index is 2.08. The molecule has 0 saturated heterocycles. The van der Waals surface area contributed by atoms with Crippen molar-refractivity contribution >= 4 is 0 Å². The summed E-state index contributed by atoms with van der Waals surface area (Å²) in [5.41, 5.74) is 0. The fraction of sp³-hybridized carbons (Fsp3) is 0.750. The molecule has 0 bridgehead atoms. The summed E-state index contributed by atoms with van der Waals surface area (Å²) in [6.07, 6.45) is 2.91. The second-order valence-corrected chi connectivity index (χ2v) is 7.66. The number of ether oxygens (including phenoxy) is 6. The molecular weight excluding hydrogens is 400 g/mol. The SMILES string of the molecule is CCCCC(CC)C(O)C1COCCOCCOCCOCCOc2ccccc2O1. The largest absolute Gasteiger partial charge is 0.487 e. The first kappa shape index (κ1) is 25.9. The molecule has 7 nitrogen and oxygen atoms in total. The van der Waals surface area contributed by atoms with Gasteiger partial charge in [0.15, 0.2) is 11.5 Å². The van der Waals surface area contributed by atoms with Crippen molar-refractivity contribution in [2.75, 3.05) is 59.5 Å². The summed E-state index contributed by atoms with van der Waals surface area (Å²) in [6, 6.07) is 7.52. The van der Waals surface area contributed by atoms with E-state index in [2.05, 4.69) is 13.8 Å². The Kier molecular flexibility index (Phi) is 13.6. The van der Waals surface area contributed by atoms with E-state index in [0.29, 0.717) is 64.4 Å². The van der Waals surface area contributed by atoms with Crippen LogP contribution in [0.3, 0.4) is 0 Å². The van der Waals surface area contributed by atoms with Gasteiger partial charge in [-0.15, -0.1) is 0 Å². The maximum atomic E-state index is 11.1. The van der Waals surface area contributed by atoms with Crippen LogP contribution in [0.5, 0.6) is 11.5 Å². The standard InChI is InChI=1S/C24H40O7/c1-3-5-8-20(4-2)24(25)23-19-29-16-15-27-12-11-26-13-14-28-17-18-30-21-9-6-7-10-22(21)31-23/h6-7,9-10,20,23-25H,3-5,8,11-19H2,1-2H3. The smallest absolute Gasteiger partial charge is 0.161 e. The highest BCUT2D eigenvalue weighted by Crippen LogP contribution is 2.30. The minimum atomic E-state index is -0.632. The zero-order chi connectivity index (χ0) is 22.2. The van der Waals surface area contributed by atoms with Gasteiger partial charge in [0.05, 0.1) is 59.0 Å². The second-order valence-electron chi connectivity index (χ2n) is 7.66. The van der Waals surface area contributed by atoms with Gasteiger partial charge < -0.3 is 33.5 Å². The molecule has 3 unspecified atom stereocenters. The van der Waals surface area contributed by atoms with Gasteiger partial charge in [0.2, 0.25) is 0 Å². The topological polar surface area (TPSA) is 75.6 Å². The maximum Gasteiger partial charge on any atom is 0.161 e. The Morgan fingerprint density at radius 2 is 1.42 bits per heavy atom. The molecule has 2 rings (SSSR count). The number of aliphatic hydroxyl groups is 1. The average molecular weight is 441 g/mol. The summed E-state index contributed by atoms with van der Waals surface area (Å²) in [7, 11) is 0. The number of para-hydroxylation sites is 2. The van der Waals surface area contributed by atoms with Crippen molar-refractivity contribution in [1.29, 1.82) is 0 Å². The maximum absolute atomic E-state index is 11.1. The van der Waals surface area contributed by atoms with Crippen molar-refractivity contribution in [1.82, 2.24) is 0 Å². The van der Waals surface area contributed by atoms with E-state index in [4.69, 9.17) is 28.4 Å². The highest BCUT2D eigenvalue weighted by Gasteiger charge is 2.29. The van der Waals surface area contributed by atoms with Crippen LogP contribution in [0.25, 0.3) is 0 Å². The van der Waals surface area contributed by atoms with E-state index < -0.39 is 12.2 Å². The van der Waals surface area contributed by atoms with Crippen molar-refractivity contribution in [3.63, 3.8) is 0 Å². The van der Waals surface area contributed by atoms with Crippen LogP contribution in [0.1, 0.15) is 39.5 Å². The Morgan fingerprint density at radius 1 is 0.839 bits per heavy atom. The van der Waals surface area contributed by atoms with Crippen LogP contribution in [0.4, 0.5) is 0 Å². The molecule has 31 heavy (non-hydrogen) atoms. The fourth-order valence-electron chi connectivity index (χ4n) is 3.49. The van der Waals surface area contributed by atoms with Gasteiger partial charge in [-0.3, -0.25) is 0 Å². The average Bonchev–Trinajstić information content (AvgIpc) is 2.79. The molecule has 1 aliphatic heterocycles. The third-order valence-electron chi connectivity index (χ3n) is 5.33. The first-order valence-corrected chi connectivity index (χ1v) is 11.6. The molecule has 178 valence electrons. The van der Waals surface area contributed by atoms with Crippen molar-refractivity contribution in [2.45, 2.75) is 51.7 Å². The van der Waals surface area contributed by atoms with Gasteiger partial charge >= 0.3 is 0 Å². The minimum absolute atomic E-state index is 0.154. The lowest BCUT2D eigenvalue weighted by atomic mass is 9.90. The predicted molar refractivity (Wildman–Crippen MR) is 119 cm³/mol. The zero-order valence-electron chi connectivity index (χ0n) is 19.1. The van der Waals surface area contributed by atoms with Crippen LogP contribution in [0.15, 0.2) is 24.3 Å². The monoisotopic (exact) mass is 440 g/mol. The number of unbranched alkanes of at least 4 members (excludes halogenated alkanes) is 1. The van der Waals surface area contributed by atoms with Crippen LogP contribution >= 0.6 is 0 Å². The van der Waals surface area contributed by atoms with E-state index in [1.807, 2.05) is 24.3 Å². The molecule has 0 amide bonds. The van der Waals surface area contributed by atoms with Crippen molar-refractivity contribution < 1.29 is 33.5 Å². The molecule has 1 heterocycles. The zero-order valence-corrected chi connectivity index (χ0v) is 19.1. The number of hydrogen-bond acceptors (Lipinski definition) is 7. The van der Waals surface area contributed by atoms with E-state index >= 15 is 0 Å². The summed E-state index contributed by atoms with van der Waals surface area (Å²) in [5.74, 6) is 1.38. The molecule has 0 aromatic heterocycles.